The van der Waals surface area contributed by atoms with Crippen LogP contribution in [-0.4, -0.2) is 17.0 Å². The lowest BCUT2D eigenvalue weighted by atomic mass is 10.4. The molecule has 0 radical (unpaired) electrons. The fourth-order valence-electron chi connectivity index (χ4n) is 1.21. The van der Waals surface area contributed by atoms with Crippen LogP contribution in [0.5, 0.6) is 0 Å². The molecule has 0 aliphatic carbocycles. The Morgan fingerprint density at radius 3 is 2.67 bits per heavy atom. The van der Waals surface area contributed by atoms with Gasteiger partial charge in [-0.05, 0) is 22.9 Å². The van der Waals surface area contributed by atoms with Crippen LogP contribution in [0.15, 0.2) is 15.4 Å². The van der Waals surface area contributed by atoms with Gasteiger partial charge in [0.05, 0.1) is 17.2 Å². The molecule has 2 aromatic rings. The Morgan fingerprint density at radius 1 is 1.33 bits per heavy atom. The van der Waals surface area contributed by atoms with Crippen molar-refractivity contribution < 1.29 is 0 Å². The van der Waals surface area contributed by atoms with Crippen LogP contribution in [0.25, 0.3) is 0 Å². The second-order valence-corrected chi connectivity index (χ2v) is 5.88. The summed E-state index contributed by atoms with van der Waals surface area (Å²) < 4.78 is 0.892. The van der Waals surface area contributed by atoms with Crippen molar-refractivity contribution in [2.24, 2.45) is 0 Å². The molecule has 0 fully saturated rings. The second kappa shape index (κ2) is 4.59. The number of hydrogen-bond donors (Lipinski definition) is 0. The van der Waals surface area contributed by atoms with E-state index in [2.05, 4.69) is 36.2 Å². The first-order chi connectivity index (χ1) is 7.15. The molecular formula is C9H10BrN3S2. The van der Waals surface area contributed by atoms with Crippen molar-refractivity contribution in [2.45, 2.75) is 13.5 Å². The third kappa shape index (κ3) is 2.76. The summed E-state index contributed by atoms with van der Waals surface area (Å²) in [6, 6.07) is 0. The van der Waals surface area contributed by atoms with Crippen molar-refractivity contribution in [1.29, 1.82) is 0 Å². The average molecular weight is 304 g/mol. The Labute approximate surface area is 105 Å². The lowest BCUT2D eigenvalue weighted by Gasteiger charge is -2.13. The number of aryl methyl sites for hydroxylation is 1. The van der Waals surface area contributed by atoms with Crippen molar-refractivity contribution in [2.75, 3.05) is 11.9 Å². The molecule has 3 nitrogen and oxygen atoms in total. The SMILES string of the molecule is Cc1nc(CN(C)c2nc(Br)cs2)cs1. The monoisotopic (exact) mass is 303 g/mol. The predicted octanol–water partition coefficient (Wildman–Crippen LogP) is 3.31. The molecule has 0 spiro atoms. The Kier molecular flexibility index (Phi) is 3.38. The second-order valence-electron chi connectivity index (χ2n) is 3.17. The number of rotatable bonds is 3. The maximum Gasteiger partial charge on any atom is 0.186 e. The van der Waals surface area contributed by atoms with E-state index >= 15 is 0 Å². The van der Waals surface area contributed by atoms with Crippen molar-refractivity contribution in [1.82, 2.24) is 9.97 Å². The van der Waals surface area contributed by atoms with Gasteiger partial charge >= 0.3 is 0 Å². The van der Waals surface area contributed by atoms with Gasteiger partial charge in [0.25, 0.3) is 0 Å². The minimum Gasteiger partial charge on any atom is -0.345 e. The Hall–Kier alpha value is -0.460. The quantitative estimate of drug-likeness (QED) is 0.871. The molecule has 80 valence electrons. The number of aromatic nitrogens is 2. The summed E-state index contributed by atoms with van der Waals surface area (Å²) in [7, 11) is 2.03. The largest absolute Gasteiger partial charge is 0.345 e. The number of thiazole rings is 2. The molecule has 0 amide bonds. The zero-order valence-corrected chi connectivity index (χ0v) is 11.6. The minimum absolute atomic E-state index is 0.810. The smallest absolute Gasteiger partial charge is 0.186 e. The third-order valence-corrected chi connectivity index (χ3v) is 4.34. The standard InChI is InChI=1S/C9H10BrN3S2/c1-6-11-7(4-14-6)3-13(2)9-12-8(10)5-15-9/h4-5H,3H2,1-2H3. The maximum absolute atomic E-state index is 4.42. The molecule has 0 aromatic carbocycles. The third-order valence-electron chi connectivity index (χ3n) is 1.86. The highest BCUT2D eigenvalue weighted by Crippen LogP contribution is 2.24. The summed E-state index contributed by atoms with van der Waals surface area (Å²) in [5.74, 6) is 0. The summed E-state index contributed by atoms with van der Waals surface area (Å²) in [4.78, 5) is 10.9. The highest BCUT2D eigenvalue weighted by atomic mass is 79.9. The van der Waals surface area contributed by atoms with E-state index in [4.69, 9.17) is 0 Å². The lowest BCUT2D eigenvalue weighted by Crippen LogP contribution is -2.16. The molecular weight excluding hydrogens is 294 g/mol. The summed E-state index contributed by atoms with van der Waals surface area (Å²) in [5.41, 5.74) is 1.10. The van der Waals surface area contributed by atoms with Gasteiger partial charge in [0.1, 0.15) is 4.60 Å². The van der Waals surface area contributed by atoms with Crippen LogP contribution in [0.1, 0.15) is 10.7 Å². The Balaban J connectivity index is 2.06. The molecule has 2 rings (SSSR count). The molecule has 0 unspecified atom stereocenters. The van der Waals surface area contributed by atoms with Gasteiger partial charge in [-0.15, -0.1) is 22.7 Å². The number of halogens is 1. The highest BCUT2D eigenvalue weighted by Gasteiger charge is 2.08. The van der Waals surface area contributed by atoms with E-state index < -0.39 is 0 Å². The lowest BCUT2D eigenvalue weighted by molar-refractivity contribution is 0.882. The van der Waals surface area contributed by atoms with E-state index in [1.54, 1.807) is 22.7 Å². The molecule has 0 atom stereocenters. The number of hydrogen-bond acceptors (Lipinski definition) is 5. The van der Waals surface area contributed by atoms with E-state index in [0.717, 1.165) is 27.0 Å². The fraction of sp³-hybridized carbons (Fsp3) is 0.333. The van der Waals surface area contributed by atoms with Gasteiger partial charge in [-0.25, -0.2) is 9.97 Å². The topological polar surface area (TPSA) is 29.0 Å². The molecule has 0 aliphatic heterocycles. The van der Waals surface area contributed by atoms with Gasteiger partial charge in [-0.1, -0.05) is 0 Å². The maximum atomic E-state index is 4.42. The molecule has 0 saturated carbocycles. The summed E-state index contributed by atoms with van der Waals surface area (Å²) in [6.07, 6.45) is 0. The van der Waals surface area contributed by atoms with E-state index in [0.29, 0.717) is 0 Å². The minimum atomic E-state index is 0.810. The van der Waals surface area contributed by atoms with Crippen LogP contribution >= 0.6 is 38.6 Å². The zero-order chi connectivity index (χ0) is 10.8. The Bertz CT molecular complexity index is 452. The van der Waals surface area contributed by atoms with E-state index in [9.17, 15) is 0 Å². The molecule has 0 N–H and O–H groups in total. The molecule has 15 heavy (non-hydrogen) atoms. The van der Waals surface area contributed by atoms with Gasteiger partial charge in [0.2, 0.25) is 0 Å². The first-order valence-electron chi connectivity index (χ1n) is 4.38. The molecule has 2 aromatic heterocycles. The van der Waals surface area contributed by atoms with Crippen molar-refractivity contribution in [3.05, 3.63) is 26.1 Å². The number of nitrogens with zero attached hydrogens (tertiary/aromatic N) is 3. The fourth-order valence-corrected chi connectivity index (χ4v) is 3.03. The molecule has 0 bridgehead atoms. The summed E-state index contributed by atoms with van der Waals surface area (Å²) >= 11 is 6.66. The number of anilines is 1. The van der Waals surface area contributed by atoms with E-state index in [1.165, 1.54) is 0 Å². The average Bonchev–Trinajstić information content (AvgIpc) is 2.75. The van der Waals surface area contributed by atoms with Crippen LogP contribution in [0.4, 0.5) is 5.13 Å². The predicted molar refractivity (Wildman–Crippen MR) is 68.8 cm³/mol. The van der Waals surface area contributed by atoms with Crippen LogP contribution in [0.2, 0.25) is 0 Å². The van der Waals surface area contributed by atoms with Crippen LogP contribution < -0.4 is 4.90 Å². The van der Waals surface area contributed by atoms with Crippen molar-refractivity contribution in [3.63, 3.8) is 0 Å². The molecule has 0 saturated heterocycles. The molecule has 0 aliphatic rings. The summed E-state index contributed by atoms with van der Waals surface area (Å²) in [5, 5.41) is 6.19. The Morgan fingerprint density at radius 2 is 2.13 bits per heavy atom. The van der Waals surface area contributed by atoms with E-state index in [-0.39, 0.29) is 0 Å². The van der Waals surface area contributed by atoms with Crippen LogP contribution in [-0.2, 0) is 6.54 Å². The van der Waals surface area contributed by atoms with Gasteiger partial charge in [0, 0.05) is 17.8 Å². The van der Waals surface area contributed by atoms with Crippen LogP contribution in [0.3, 0.4) is 0 Å². The van der Waals surface area contributed by atoms with Gasteiger partial charge in [-0.2, -0.15) is 0 Å². The van der Waals surface area contributed by atoms with Gasteiger partial charge < -0.3 is 4.90 Å². The highest BCUT2D eigenvalue weighted by molar-refractivity contribution is 9.10. The first kappa shape index (κ1) is 11.0. The summed E-state index contributed by atoms with van der Waals surface area (Å²) in [6.45, 7) is 2.83. The van der Waals surface area contributed by atoms with Gasteiger partial charge in [-0.3, -0.25) is 0 Å². The van der Waals surface area contributed by atoms with Crippen LogP contribution in [0, 0.1) is 6.92 Å². The zero-order valence-electron chi connectivity index (χ0n) is 8.40. The molecule has 2 heterocycles. The van der Waals surface area contributed by atoms with Crippen molar-refractivity contribution >= 4 is 43.7 Å². The normalized spacial score (nSPS) is 10.6. The van der Waals surface area contributed by atoms with Crippen molar-refractivity contribution in [3.8, 4) is 0 Å². The first-order valence-corrected chi connectivity index (χ1v) is 6.93. The van der Waals surface area contributed by atoms with E-state index in [1.807, 2.05) is 19.4 Å². The van der Waals surface area contributed by atoms with Gasteiger partial charge in [0.15, 0.2) is 5.13 Å². The molecule has 6 heteroatoms.